The number of nitrogens with zero attached hydrogens (tertiary/aromatic N) is 2. The molecule has 0 spiro atoms. The van der Waals surface area contributed by atoms with Gasteiger partial charge in [-0.05, 0) is 56.7 Å². The van der Waals surface area contributed by atoms with Crippen LogP contribution in [0, 0.1) is 5.92 Å². The summed E-state index contributed by atoms with van der Waals surface area (Å²) in [4.78, 5) is 15.7. The average Bonchev–Trinajstić information content (AvgIpc) is 2.66. The molecular weight excluding hydrogens is 387 g/mol. The zero-order valence-corrected chi connectivity index (χ0v) is 17.0. The number of halogens is 2. The largest absolute Gasteiger partial charge is 0.506 e. The van der Waals surface area contributed by atoms with Crippen LogP contribution in [-0.4, -0.2) is 54.8 Å². The third kappa shape index (κ3) is 5.33. The van der Waals surface area contributed by atoms with Gasteiger partial charge in [0.25, 0.3) is 0 Å². The van der Waals surface area contributed by atoms with Gasteiger partial charge in [-0.2, -0.15) is 0 Å². The van der Waals surface area contributed by atoms with E-state index in [1.807, 2.05) is 6.07 Å². The van der Waals surface area contributed by atoms with E-state index in [0.717, 1.165) is 70.0 Å². The molecule has 2 aliphatic rings. The molecule has 1 saturated carbocycles. The SMILES string of the molecule is NC(=O)NC1CCC(CCN2CCN(c3ccc(O)c(Cl)c3Cl)CC2)CC1. The Balaban J connectivity index is 1.40. The number of phenols is 1. The van der Waals surface area contributed by atoms with Crippen LogP contribution in [0.25, 0.3) is 0 Å². The zero-order valence-electron chi connectivity index (χ0n) is 15.5. The molecule has 1 heterocycles. The van der Waals surface area contributed by atoms with Gasteiger partial charge in [-0.3, -0.25) is 4.90 Å². The Morgan fingerprint density at radius 1 is 1.11 bits per heavy atom. The fourth-order valence-corrected chi connectivity index (χ4v) is 4.59. The predicted molar refractivity (Wildman–Crippen MR) is 110 cm³/mol. The fourth-order valence-electron chi connectivity index (χ4n) is 4.15. The van der Waals surface area contributed by atoms with Crippen LogP contribution < -0.4 is 16.0 Å². The van der Waals surface area contributed by atoms with Gasteiger partial charge in [-0.25, -0.2) is 4.79 Å². The lowest BCUT2D eigenvalue weighted by Gasteiger charge is -2.37. The van der Waals surface area contributed by atoms with Gasteiger partial charge >= 0.3 is 6.03 Å². The summed E-state index contributed by atoms with van der Waals surface area (Å²) < 4.78 is 0. The number of nitrogens with two attached hydrogens (primary N) is 1. The summed E-state index contributed by atoms with van der Waals surface area (Å²) in [5.41, 5.74) is 6.09. The minimum Gasteiger partial charge on any atom is -0.506 e. The van der Waals surface area contributed by atoms with Gasteiger partial charge in [0.05, 0.1) is 10.7 Å². The minimum absolute atomic E-state index is 0.0183. The summed E-state index contributed by atoms with van der Waals surface area (Å²) in [6, 6.07) is 3.27. The van der Waals surface area contributed by atoms with Crippen LogP contribution in [0.4, 0.5) is 10.5 Å². The summed E-state index contributed by atoms with van der Waals surface area (Å²) in [6.45, 7) is 4.89. The Morgan fingerprint density at radius 3 is 2.41 bits per heavy atom. The highest BCUT2D eigenvalue weighted by atomic mass is 35.5. The topological polar surface area (TPSA) is 81.8 Å². The standard InChI is InChI=1S/C19H28Cl2N4O2/c20-17-15(5-6-16(26)18(17)21)25-11-9-24(10-12-25)8-7-13-1-3-14(4-2-13)23-19(22)27/h5-6,13-14,26H,1-4,7-12H2,(H3,22,23,27). The van der Waals surface area contributed by atoms with Crippen molar-refractivity contribution in [1.29, 1.82) is 0 Å². The van der Waals surface area contributed by atoms with Gasteiger partial charge in [0, 0.05) is 32.2 Å². The number of rotatable bonds is 5. The van der Waals surface area contributed by atoms with E-state index in [4.69, 9.17) is 28.9 Å². The number of hydrogen-bond acceptors (Lipinski definition) is 4. The average molecular weight is 415 g/mol. The Bertz CT molecular complexity index is 657. The summed E-state index contributed by atoms with van der Waals surface area (Å²) in [7, 11) is 0. The second kappa shape index (κ2) is 9.22. The number of piperazine rings is 1. The predicted octanol–water partition coefficient (Wildman–Crippen LogP) is 3.44. The van der Waals surface area contributed by atoms with E-state index >= 15 is 0 Å². The summed E-state index contributed by atoms with van der Waals surface area (Å²) in [5, 5.41) is 13.1. The summed E-state index contributed by atoms with van der Waals surface area (Å²) in [5.74, 6) is 0.754. The molecule has 0 bridgehead atoms. The molecule has 2 fully saturated rings. The first-order valence-electron chi connectivity index (χ1n) is 9.64. The number of benzene rings is 1. The minimum atomic E-state index is -0.411. The number of hydrogen-bond donors (Lipinski definition) is 3. The van der Waals surface area contributed by atoms with Crippen LogP contribution in [0.15, 0.2) is 12.1 Å². The molecule has 0 atom stereocenters. The molecule has 6 nitrogen and oxygen atoms in total. The van der Waals surface area contributed by atoms with Crippen molar-refractivity contribution in [3.05, 3.63) is 22.2 Å². The number of phenolic OH excluding ortho intramolecular Hbond substituents is 1. The van der Waals surface area contributed by atoms with Crippen LogP contribution in [0.1, 0.15) is 32.1 Å². The number of urea groups is 1. The first-order chi connectivity index (χ1) is 12.9. The number of aromatic hydroxyl groups is 1. The molecule has 8 heteroatoms. The van der Waals surface area contributed by atoms with Crippen molar-refractivity contribution in [1.82, 2.24) is 10.2 Å². The Hall–Kier alpha value is -1.37. The number of nitrogens with one attached hydrogen (secondary N) is 1. The molecular formula is C19H28Cl2N4O2. The first kappa shape index (κ1) is 20.4. The summed E-state index contributed by atoms with van der Waals surface area (Å²) >= 11 is 12.3. The molecule has 1 saturated heterocycles. The van der Waals surface area contributed by atoms with E-state index in [1.54, 1.807) is 6.07 Å². The van der Waals surface area contributed by atoms with Crippen LogP contribution in [0.2, 0.25) is 10.0 Å². The van der Waals surface area contributed by atoms with Crippen LogP contribution in [-0.2, 0) is 0 Å². The molecule has 150 valence electrons. The monoisotopic (exact) mass is 414 g/mol. The van der Waals surface area contributed by atoms with E-state index in [9.17, 15) is 9.90 Å². The molecule has 2 amide bonds. The third-order valence-corrected chi connectivity index (χ3v) is 6.66. The van der Waals surface area contributed by atoms with Crippen molar-refractivity contribution in [2.24, 2.45) is 11.7 Å². The van der Waals surface area contributed by atoms with E-state index < -0.39 is 6.03 Å². The van der Waals surface area contributed by atoms with Crippen molar-refractivity contribution in [2.45, 2.75) is 38.1 Å². The van der Waals surface area contributed by atoms with Gasteiger partial charge in [0.1, 0.15) is 10.8 Å². The number of carbonyl (C=O) groups excluding carboxylic acids is 1. The second-order valence-corrected chi connectivity index (χ2v) is 8.33. The van der Waals surface area contributed by atoms with E-state index in [1.165, 1.54) is 6.42 Å². The number of carbonyl (C=O) groups is 1. The van der Waals surface area contributed by atoms with Crippen molar-refractivity contribution in [2.75, 3.05) is 37.6 Å². The third-order valence-electron chi connectivity index (χ3n) is 5.80. The lowest BCUT2D eigenvalue weighted by molar-refractivity contribution is 0.207. The van der Waals surface area contributed by atoms with Gasteiger partial charge in [-0.15, -0.1) is 0 Å². The van der Waals surface area contributed by atoms with Crippen LogP contribution in [0.5, 0.6) is 5.75 Å². The van der Waals surface area contributed by atoms with Gasteiger partial charge in [0.2, 0.25) is 0 Å². The second-order valence-electron chi connectivity index (χ2n) is 7.58. The van der Waals surface area contributed by atoms with Crippen molar-refractivity contribution >= 4 is 34.9 Å². The molecule has 1 aliphatic carbocycles. The zero-order chi connectivity index (χ0) is 19.4. The molecule has 1 aromatic rings. The molecule has 0 radical (unpaired) electrons. The quantitative estimate of drug-likeness (QED) is 0.688. The number of anilines is 1. The van der Waals surface area contributed by atoms with Crippen molar-refractivity contribution < 1.29 is 9.90 Å². The van der Waals surface area contributed by atoms with E-state index in [2.05, 4.69) is 15.1 Å². The lowest BCUT2D eigenvalue weighted by atomic mass is 9.84. The molecule has 1 aromatic carbocycles. The van der Waals surface area contributed by atoms with E-state index in [0.29, 0.717) is 5.02 Å². The molecule has 3 rings (SSSR count). The molecule has 4 N–H and O–H groups in total. The Morgan fingerprint density at radius 2 is 1.78 bits per heavy atom. The smallest absolute Gasteiger partial charge is 0.312 e. The normalized spacial score (nSPS) is 24.0. The highest BCUT2D eigenvalue weighted by molar-refractivity contribution is 6.44. The van der Waals surface area contributed by atoms with Gasteiger partial charge in [0.15, 0.2) is 0 Å². The van der Waals surface area contributed by atoms with Crippen LogP contribution in [0.3, 0.4) is 0 Å². The molecule has 0 aromatic heterocycles. The fraction of sp³-hybridized carbons (Fsp3) is 0.632. The number of amides is 2. The van der Waals surface area contributed by atoms with Gasteiger partial charge < -0.3 is 21.1 Å². The Kier molecular flexibility index (Phi) is 6.95. The Labute approximate surface area is 170 Å². The summed E-state index contributed by atoms with van der Waals surface area (Å²) in [6.07, 6.45) is 5.58. The lowest BCUT2D eigenvalue weighted by Crippen LogP contribution is -2.47. The maximum absolute atomic E-state index is 10.9. The van der Waals surface area contributed by atoms with Crippen LogP contribution >= 0.6 is 23.2 Å². The molecule has 27 heavy (non-hydrogen) atoms. The van der Waals surface area contributed by atoms with Gasteiger partial charge in [-0.1, -0.05) is 23.2 Å². The van der Waals surface area contributed by atoms with Crippen molar-refractivity contribution in [3.8, 4) is 5.75 Å². The molecule has 0 unspecified atom stereocenters. The number of primary amides is 1. The highest BCUT2D eigenvalue weighted by Gasteiger charge is 2.24. The van der Waals surface area contributed by atoms with Crippen molar-refractivity contribution in [3.63, 3.8) is 0 Å². The molecule has 1 aliphatic heterocycles. The van der Waals surface area contributed by atoms with E-state index in [-0.39, 0.29) is 16.8 Å². The maximum atomic E-state index is 10.9. The first-order valence-corrected chi connectivity index (χ1v) is 10.4. The maximum Gasteiger partial charge on any atom is 0.312 e. The highest BCUT2D eigenvalue weighted by Crippen LogP contribution is 2.38.